The van der Waals surface area contributed by atoms with Gasteiger partial charge in [-0.1, -0.05) is 24.3 Å². The summed E-state index contributed by atoms with van der Waals surface area (Å²) in [5.41, 5.74) is 0.696. The Morgan fingerprint density at radius 3 is 2.68 bits per heavy atom. The molecule has 0 aliphatic heterocycles. The molecule has 0 saturated heterocycles. The molecule has 0 atom stereocenters. The summed E-state index contributed by atoms with van der Waals surface area (Å²) in [7, 11) is 1.44. The van der Waals surface area contributed by atoms with E-state index in [1.807, 2.05) is 0 Å². The maximum absolute atomic E-state index is 12.0. The van der Waals surface area contributed by atoms with Crippen LogP contribution in [0.3, 0.4) is 0 Å². The SMILES string of the molecule is COc1ccc(/C=C/C(=O)c2cccc([N+](=O)[O-])c2)cc1O. The largest absolute Gasteiger partial charge is 0.504 e. The molecule has 0 aliphatic rings. The van der Waals surface area contributed by atoms with Gasteiger partial charge in [0.2, 0.25) is 0 Å². The van der Waals surface area contributed by atoms with Crippen LogP contribution in [0.4, 0.5) is 5.69 Å². The van der Waals surface area contributed by atoms with Crippen LogP contribution in [0.2, 0.25) is 0 Å². The minimum atomic E-state index is -0.554. The number of rotatable bonds is 5. The van der Waals surface area contributed by atoms with Gasteiger partial charge in [0.15, 0.2) is 17.3 Å². The van der Waals surface area contributed by atoms with Gasteiger partial charge >= 0.3 is 0 Å². The van der Waals surface area contributed by atoms with Gasteiger partial charge in [0.05, 0.1) is 12.0 Å². The lowest BCUT2D eigenvalue weighted by atomic mass is 10.1. The number of nitrogens with zero attached hydrogens (tertiary/aromatic N) is 1. The normalized spacial score (nSPS) is 10.6. The maximum Gasteiger partial charge on any atom is 0.270 e. The molecular formula is C16H13NO5. The molecule has 0 bridgehead atoms. The lowest BCUT2D eigenvalue weighted by Crippen LogP contribution is -1.96. The highest BCUT2D eigenvalue weighted by molar-refractivity contribution is 6.07. The van der Waals surface area contributed by atoms with E-state index in [0.717, 1.165) is 0 Å². The molecular weight excluding hydrogens is 286 g/mol. The van der Waals surface area contributed by atoms with Crippen LogP contribution in [0.1, 0.15) is 15.9 Å². The molecule has 6 heteroatoms. The van der Waals surface area contributed by atoms with E-state index in [1.165, 1.54) is 49.6 Å². The fourth-order valence-corrected chi connectivity index (χ4v) is 1.85. The van der Waals surface area contributed by atoms with E-state index < -0.39 is 4.92 Å². The van der Waals surface area contributed by atoms with Crippen LogP contribution < -0.4 is 4.74 Å². The van der Waals surface area contributed by atoms with Crippen molar-refractivity contribution in [1.82, 2.24) is 0 Å². The highest BCUT2D eigenvalue weighted by atomic mass is 16.6. The van der Waals surface area contributed by atoms with Crippen LogP contribution in [-0.2, 0) is 0 Å². The van der Waals surface area contributed by atoms with Crippen molar-refractivity contribution in [1.29, 1.82) is 0 Å². The number of hydrogen-bond donors (Lipinski definition) is 1. The van der Waals surface area contributed by atoms with Crippen LogP contribution in [0.25, 0.3) is 6.08 Å². The molecule has 22 heavy (non-hydrogen) atoms. The third kappa shape index (κ3) is 3.49. The summed E-state index contributed by atoms with van der Waals surface area (Å²) in [6.45, 7) is 0. The number of nitro benzene ring substituents is 1. The Morgan fingerprint density at radius 2 is 2.05 bits per heavy atom. The Labute approximate surface area is 126 Å². The number of phenols is 1. The zero-order valence-electron chi connectivity index (χ0n) is 11.7. The fraction of sp³-hybridized carbons (Fsp3) is 0.0625. The summed E-state index contributed by atoms with van der Waals surface area (Å²) in [6, 6.07) is 10.2. The molecule has 0 amide bonds. The van der Waals surface area contributed by atoms with Gasteiger partial charge in [-0.3, -0.25) is 14.9 Å². The zero-order chi connectivity index (χ0) is 16.1. The smallest absolute Gasteiger partial charge is 0.270 e. The first kappa shape index (κ1) is 15.2. The quantitative estimate of drug-likeness (QED) is 0.396. The van der Waals surface area contributed by atoms with E-state index in [2.05, 4.69) is 0 Å². The number of aromatic hydroxyl groups is 1. The number of carbonyl (C=O) groups is 1. The number of benzene rings is 2. The van der Waals surface area contributed by atoms with Crippen molar-refractivity contribution in [2.24, 2.45) is 0 Å². The molecule has 2 rings (SSSR count). The lowest BCUT2D eigenvalue weighted by Gasteiger charge is -2.03. The van der Waals surface area contributed by atoms with E-state index in [9.17, 15) is 20.0 Å². The third-order valence-corrected chi connectivity index (χ3v) is 2.97. The van der Waals surface area contributed by atoms with Gasteiger partial charge in [-0.05, 0) is 23.8 Å². The van der Waals surface area contributed by atoms with Crippen molar-refractivity contribution < 1.29 is 19.6 Å². The van der Waals surface area contributed by atoms with Crippen molar-refractivity contribution >= 4 is 17.5 Å². The number of non-ortho nitro benzene ring substituents is 1. The van der Waals surface area contributed by atoms with Gasteiger partial charge in [-0.2, -0.15) is 0 Å². The number of carbonyl (C=O) groups excluding carboxylic acids is 1. The first-order valence-corrected chi connectivity index (χ1v) is 6.35. The van der Waals surface area contributed by atoms with Crippen molar-refractivity contribution in [3.8, 4) is 11.5 Å². The van der Waals surface area contributed by atoms with E-state index >= 15 is 0 Å². The van der Waals surface area contributed by atoms with Crippen molar-refractivity contribution in [2.75, 3.05) is 7.11 Å². The first-order valence-electron chi connectivity index (χ1n) is 6.35. The van der Waals surface area contributed by atoms with Crippen molar-refractivity contribution in [2.45, 2.75) is 0 Å². The second-order valence-electron chi connectivity index (χ2n) is 4.44. The molecule has 112 valence electrons. The fourth-order valence-electron chi connectivity index (χ4n) is 1.85. The lowest BCUT2D eigenvalue weighted by molar-refractivity contribution is -0.384. The molecule has 6 nitrogen and oxygen atoms in total. The highest BCUT2D eigenvalue weighted by Gasteiger charge is 2.09. The number of ether oxygens (including phenoxy) is 1. The predicted octanol–water partition coefficient (Wildman–Crippen LogP) is 3.21. The number of phenolic OH excluding ortho intramolecular Hbond substituents is 1. The third-order valence-electron chi connectivity index (χ3n) is 2.97. The Hall–Kier alpha value is -3.15. The Morgan fingerprint density at radius 1 is 1.27 bits per heavy atom. The second kappa shape index (κ2) is 6.53. The Balaban J connectivity index is 2.19. The van der Waals surface area contributed by atoms with E-state index in [-0.39, 0.29) is 22.8 Å². The molecule has 1 N–H and O–H groups in total. The van der Waals surface area contributed by atoms with Gasteiger partial charge in [-0.25, -0.2) is 0 Å². The summed E-state index contributed by atoms with van der Waals surface area (Å²) in [5.74, 6) is -0.0615. The molecule has 0 aliphatic carbocycles. The summed E-state index contributed by atoms with van der Waals surface area (Å²) in [4.78, 5) is 22.1. The average Bonchev–Trinajstić information content (AvgIpc) is 2.52. The second-order valence-corrected chi connectivity index (χ2v) is 4.44. The summed E-state index contributed by atoms with van der Waals surface area (Å²) in [6.07, 6.45) is 2.81. The molecule has 0 fully saturated rings. The predicted molar refractivity (Wildman–Crippen MR) is 81.1 cm³/mol. The number of ketones is 1. The standard InChI is InChI=1S/C16H13NO5/c1-22-16-8-6-11(9-15(16)19)5-7-14(18)12-3-2-4-13(10-12)17(20)21/h2-10,19H,1H3/b7-5+. The minimum absolute atomic E-state index is 0.0348. The number of nitro groups is 1. The summed E-state index contributed by atoms with van der Waals surface area (Å²) >= 11 is 0. The molecule has 0 unspecified atom stereocenters. The molecule has 0 heterocycles. The van der Waals surface area contributed by atoms with Crippen LogP contribution in [0.5, 0.6) is 11.5 Å². The Kier molecular flexibility index (Phi) is 4.53. The summed E-state index contributed by atoms with van der Waals surface area (Å²) in [5, 5.41) is 20.3. The molecule has 0 saturated carbocycles. The summed E-state index contributed by atoms with van der Waals surface area (Å²) < 4.78 is 4.93. The van der Waals surface area contributed by atoms with Gasteiger partial charge < -0.3 is 9.84 Å². The van der Waals surface area contributed by atoms with E-state index in [0.29, 0.717) is 11.3 Å². The van der Waals surface area contributed by atoms with E-state index in [4.69, 9.17) is 4.74 Å². The highest BCUT2D eigenvalue weighted by Crippen LogP contribution is 2.26. The van der Waals surface area contributed by atoms with E-state index in [1.54, 1.807) is 12.1 Å². The monoisotopic (exact) mass is 299 g/mol. The van der Waals surface area contributed by atoms with Gasteiger partial charge in [0, 0.05) is 17.7 Å². The minimum Gasteiger partial charge on any atom is -0.504 e. The van der Waals surface area contributed by atoms with Crippen LogP contribution in [0, 0.1) is 10.1 Å². The van der Waals surface area contributed by atoms with Crippen molar-refractivity contribution in [3.63, 3.8) is 0 Å². The van der Waals surface area contributed by atoms with Crippen LogP contribution >= 0.6 is 0 Å². The molecule has 2 aromatic rings. The number of methoxy groups -OCH3 is 1. The van der Waals surface area contributed by atoms with Crippen molar-refractivity contribution in [3.05, 3.63) is 69.8 Å². The van der Waals surface area contributed by atoms with Crippen LogP contribution in [-0.4, -0.2) is 22.9 Å². The molecule has 0 spiro atoms. The molecule has 0 radical (unpaired) electrons. The maximum atomic E-state index is 12.0. The zero-order valence-corrected chi connectivity index (χ0v) is 11.7. The number of allylic oxidation sites excluding steroid dienone is 1. The molecule has 0 aromatic heterocycles. The Bertz CT molecular complexity index is 752. The first-order chi connectivity index (χ1) is 10.5. The molecule has 2 aromatic carbocycles. The van der Waals surface area contributed by atoms with Gasteiger partial charge in [-0.15, -0.1) is 0 Å². The number of hydrogen-bond acceptors (Lipinski definition) is 5. The average molecular weight is 299 g/mol. The topological polar surface area (TPSA) is 89.7 Å². The van der Waals surface area contributed by atoms with Gasteiger partial charge in [0.25, 0.3) is 5.69 Å². The van der Waals surface area contributed by atoms with Crippen LogP contribution in [0.15, 0.2) is 48.5 Å². The van der Waals surface area contributed by atoms with Gasteiger partial charge in [0.1, 0.15) is 0 Å².